The van der Waals surface area contributed by atoms with E-state index >= 15 is 0 Å². The molecule has 1 saturated heterocycles. The Kier molecular flexibility index (Phi) is 7.22. The summed E-state index contributed by atoms with van der Waals surface area (Å²) in [4.78, 5) is 0. The molecule has 0 unspecified atom stereocenters. The summed E-state index contributed by atoms with van der Waals surface area (Å²) in [5, 5.41) is 23.2. The highest BCUT2D eigenvalue weighted by molar-refractivity contribution is 5.85. The van der Waals surface area contributed by atoms with Crippen molar-refractivity contribution in [2.45, 2.75) is 31.5 Å². The van der Waals surface area contributed by atoms with Gasteiger partial charge in [-0.3, -0.25) is 0 Å². The Bertz CT molecular complexity index is 496. The molecule has 22 heavy (non-hydrogen) atoms. The standard InChI is InChI=1S/C15H22N2O3.2ClH/c16-8-14-10-1-2-12(18)15(19)11(10)7-13(20-14)9-3-5-17-6-4-9;;/h1-2,9,13-14,17-19H,3-8,16H2;2*1H/t13-,14-;;/m1../s1. The van der Waals surface area contributed by atoms with Gasteiger partial charge in [0, 0.05) is 18.5 Å². The van der Waals surface area contributed by atoms with E-state index in [1.165, 1.54) is 6.07 Å². The van der Waals surface area contributed by atoms with Crippen LogP contribution in [-0.4, -0.2) is 36.0 Å². The van der Waals surface area contributed by atoms with Crippen molar-refractivity contribution < 1.29 is 14.9 Å². The zero-order chi connectivity index (χ0) is 14.1. The summed E-state index contributed by atoms with van der Waals surface area (Å²) >= 11 is 0. The number of rotatable bonds is 2. The minimum Gasteiger partial charge on any atom is -0.504 e. The van der Waals surface area contributed by atoms with Gasteiger partial charge in [0.05, 0.1) is 12.2 Å². The Morgan fingerprint density at radius 1 is 1.18 bits per heavy atom. The number of nitrogens with two attached hydrogens (primary N) is 1. The van der Waals surface area contributed by atoms with Crippen molar-refractivity contribution in [3.05, 3.63) is 23.3 Å². The molecule has 126 valence electrons. The summed E-state index contributed by atoms with van der Waals surface area (Å²) in [6.07, 6.45) is 2.70. The summed E-state index contributed by atoms with van der Waals surface area (Å²) < 4.78 is 6.15. The molecule has 1 fully saturated rings. The van der Waals surface area contributed by atoms with Crippen molar-refractivity contribution in [3.63, 3.8) is 0 Å². The van der Waals surface area contributed by atoms with Crippen LogP contribution in [0.25, 0.3) is 0 Å². The maximum atomic E-state index is 10.1. The molecule has 1 aromatic carbocycles. The number of fused-ring (bicyclic) bond motifs is 1. The van der Waals surface area contributed by atoms with Crippen LogP contribution in [0, 0.1) is 5.92 Å². The molecule has 1 aromatic rings. The fraction of sp³-hybridized carbons (Fsp3) is 0.600. The number of ether oxygens (including phenoxy) is 1. The monoisotopic (exact) mass is 350 g/mol. The van der Waals surface area contributed by atoms with Crippen LogP contribution < -0.4 is 11.1 Å². The molecule has 7 heteroatoms. The lowest BCUT2D eigenvalue weighted by molar-refractivity contribution is -0.0580. The third-order valence-corrected chi connectivity index (χ3v) is 4.51. The molecule has 5 N–H and O–H groups in total. The summed E-state index contributed by atoms with van der Waals surface area (Å²) in [7, 11) is 0. The van der Waals surface area contributed by atoms with Gasteiger partial charge in [0.2, 0.25) is 0 Å². The van der Waals surface area contributed by atoms with E-state index in [0.29, 0.717) is 18.9 Å². The van der Waals surface area contributed by atoms with Gasteiger partial charge in [0.1, 0.15) is 0 Å². The average Bonchev–Trinajstić information content (AvgIpc) is 2.51. The van der Waals surface area contributed by atoms with Gasteiger partial charge < -0.3 is 26.0 Å². The van der Waals surface area contributed by atoms with E-state index in [1.54, 1.807) is 6.07 Å². The van der Waals surface area contributed by atoms with Crippen molar-refractivity contribution in [1.29, 1.82) is 0 Å². The number of phenolic OH excluding ortho intramolecular Hbond substituents is 2. The largest absolute Gasteiger partial charge is 0.504 e. The molecule has 3 rings (SSSR count). The van der Waals surface area contributed by atoms with Crippen LogP contribution in [0.1, 0.15) is 30.1 Å². The third-order valence-electron chi connectivity index (χ3n) is 4.51. The van der Waals surface area contributed by atoms with E-state index in [9.17, 15) is 10.2 Å². The molecule has 0 spiro atoms. The fourth-order valence-electron chi connectivity index (χ4n) is 3.37. The van der Waals surface area contributed by atoms with Gasteiger partial charge in [-0.05, 0) is 43.5 Å². The van der Waals surface area contributed by atoms with Crippen molar-refractivity contribution in [3.8, 4) is 11.5 Å². The first-order valence-corrected chi connectivity index (χ1v) is 7.30. The van der Waals surface area contributed by atoms with Crippen molar-refractivity contribution in [2.24, 2.45) is 11.7 Å². The quantitative estimate of drug-likeness (QED) is 0.611. The molecule has 2 aliphatic heterocycles. The number of benzene rings is 1. The number of piperidine rings is 1. The van der Waals surface area contributed by atoms with E-state index in [0.717, 1.165) is 37.1 Å². The number of aromatic hydroxyl groups is 2. The van der Waals surface area contributed by atoms with Crippen LogP contribution in [0.2, 0.25) is 0 Å². The molecule has 0 aromatic heterocycles. The van der Waals surface area contributed by atoms with Gasteiger partial charge in [-0.2, -0.15) is 0 Å². The second-order valence-corrected chi connectivity index (χ2v) is 5.69. The van der Waals surface area contributed by atoms with E-state index in [1.807, 2.05) is 0 Å². The Morgan fingerprint density at radius 2 is 1.86 bits per heavy atom. The lowest BCUT2D eigenvalue weighted by atomic mass is 9.84. The number of nitrogens with one attached hydrogen (secondary N) is 1. The average molecular weight is 351 g/mol. The van der Waals surface area contributed by atoms with Crippen LogP contribution in [0.3, 0.4) is 0 Å². The topological polar surface area (TPSA) is 87.7 Å². The highest BCUT2D eigenvalue weighted by atomic mass is 35.5. The van der Waals surface area contributed by atoms with Gasteiger partial charge in [-0.25, -0.2) is 0 Å². The smallest absolute Gasteiger partial charge is 0.161 e. The lowest BCUT2D eigenvalue weighted by Crippen LogP contribution is -2.40. The third kappa shape index (κ3) is 3.60. The first-order valence-electron chi connectivity index (χ1n) is 7.30. The summed E-state index contributed by atoms with van der Waals surface area (Å²) in [5.41, 5.74) is 7.53. The molecule has 5 nitrogen and oxygen atoms in total. The van der Waals surface area contributed by atoms with Crippen LogP contribution >= 0.6 is 24.8 Å². The highest BCUT2D eigenvalue weighted by Crippen LogP contribution is 2.41. The minimum absolute atomic E-state index is 0. The molecule has 2 heterocycles. The molecule has 0 bridgehead atoms. The van der Waals surface area contributed by atoms with Crippen molar-refractivity contribution in [1.82, 2.24) is 5.32 Å². The van der Waals surface area contributed by atoms with Crippen molar-refractivity contribution >= 4 is 24.8 Å². The van der Waals surface area contributed by atoms with Gasteiger partial charge in [0.15, 0.2) is 11.5 Å². The van der Waals surface area contributed by atoms with Crippen LogP contribution in [0.4, 0.5) is 0 Å². The second-order valence-electron chi connectivity index (χ2n) is 5.69. The second kappa shape index (κ2) is 8.22. The summed E-state index contributed by atoms with van der Waals surface area (Å²) in [6.45, 7) is 2.41. The molecule has 0 saturated carbocycles. The first kappa shape index (κ1) is 19.3. The van der Waals surface area contributed by atoms with Crippen molar-refractivity contribution in [2.75, 3.05) is 19.6 Å². The fourth-order valence-corrected chi connectivity index (χ4v) is 3.37. The highest BCUT2D eigenvalue weighted by Gasteiger charge is 2.34. The molecular formula is C15H24Cl2N2O3. The van der Waals surface area contributed by atoms with Gasteiger partial charge in [-0.15, -0.1) is 24.8 Å². The van der Waals surface area contributed by atoms with Gasteiger partial charge in [0.25, 0.3) is 0 Å². The van der Waals surface area contributed by atoms with E-state index in [-0.39, 0.29) is 48.5 Å². The molecule has 0 amide bonds. The number of hydrogen-bond acceptors (Lipinski definition) is 5. The molecule has 2 aliphatic rings. The normalized spacial score (nSPS) is 24.8. The SMILES string of the molecule is Cl.Cl.NC[C@H]1O[C@@H](C2CCNCC2)Cc2c1ccc(O)c2O. The molecule has 2 atom stereocenters. The molecule has 0 aliphatic carbocycles. The van der Waals surface area contributed by atoms with E-state index in [4.69, 9.17) is 10.5 Å². The zero-order valence-corrected chi connectivity index (χ0v) is 14.0. The molecule has 0 radical (unpaired) electrons. The lowest BCUT2D eigenvalue weighted by Gasteiger charge is -2.38. The van der Waals surface area contributed by atoms with Crippen LogP contribution in [0.15, 0.2) is 12.1 Å². The Labute approximate surface area is 143 Å². The van der Waals surface area contributed by atoms with Gasteiger partial charge >= 0.3 is 0 Å². The first-order chi connectivity index (χ1) is 9.70. The maximum absolute atomic E-state index is 10.1. The van der Waals surface area contributed by atoms with E-state index < -0.39 is 0 Å². The Morgan fingerprint density at radius 3 is 2.50 bits per heavy atom. The Balaban J connectivity index is 0.00000121. The zero-order valence-electron chi connectivity index (χ0n) is 12.3. The van der Waals surface area contributed by atoms with Gasteiger partial charge in [-0.1, -0.05) is 6.07 Å². The minimum atomic E-state index is -0.190. The maximum Gasteiger partial charge on any atom is 0.161 e. The molecular weight excluding hydrogens is 327 g/mol. The number of phenols is 2. The summed E-state index contributed by atoms with van der Waals surface area (Å²) in [5.74, 6) is 0.411. The number of hydrogen-bond donors (Lipinski definition) is 4. The number of halogens is 2. The van der Waals surface area contributed by atoms with Crippen LogP contribution in [-0.2, 0) is 11.2 Å². The van der Waals surface area contributed by atoms with Crippen LogP contribution in [0.5, 0.6) is 11.5 Å². The van der Waals surface area contributed by atoms with E-state index in [2.05, 4.69) is 5.32 Å². The Hall–Kier alpha value is -0.720. The predicted octanol–water partition coefficient (Wildman–Crippen LogP) is 1.88. The summed E-state index contributed by atoms with van der Waals surface area (Å²) in [6, 6.07) is 3.31. The predicted molar refractivity (Wildman–Crippen MR) is 90.2 cm³/mol.